The lowest BCUT2D eigenvalue weighted by Gasteiger charge is -2.36. The lowest BCUT2D eigenvalue weighted by atomic mass is 10.0. The van der Waals surface area contributed by atoms with Crippen LogP contribution in [0.3, 0.4) is 0 Å². The number of hydrogen-bond donors (Lipinski definition) is 1. The van der Waals surface area contributed by atoms with Crippen molar-refractivity contribution >= 4 is 0 Å². The number of nitrogens with two attached hydrogens (primary N) is 1. The van der Waals surface area contributed by atoms with Gasteiger partial charge >= 0.3 is 6.18 Å². The van der Waals surface area contributed by atoms with Gasteiger partial charge in [0.25, 0.3) is 0 Å². The fourth-order valence-electron chi connectivity index (χ4n) is 2.39. The third kappa shape index (κ3) is 3.94. The summed E-state index contributed by atoms with van der Waals surface area (Å²) in [5.41, 5.74) is 5.48. The molecule has 16 heavy (non-hydrogen) atoms. The Morgan fingerprint density at radius 2 is 1.44 bits per heavy atom. The first-order valence-corrected chi connectivity index (χ1v) is 5.99. The summed E-state index contributed by atoms with van der Waals surface area (Å²) < 4.78 is 38.6. The molecule has 0 aliphatic carbocycles. The van der Waals surface area contributed by atoms with Crippen LogP contribution in [0.25, 0.3) is 0 Å². The Morgan fingerprint density at radius 3 is 1.81 bits per heavy atom. The largest absolute Gasteiger partial charge is 0.405 e. The Hall–Kier alpha value is -0.290. The maximum absolute atomic E-state index is 12.9. The molecule has 2 unspecified atom stereocenters. The lowest BCUT2D eigenvalue weighted by Crippen LogP contribution is -2.55. The maximum atomic E-state index is 12.9. The SMILES string of the molecule is CC(N)C(N1CCCCCCC1)C(F)(F)F. The molecule has 0 aromatic heterocycles. The predicted octanol–water partition coefficient (Wildman–Crippen LogP) is 2.53. The molecule has 5 heteroatoms. The fraction of sp³-hybridized carbons (Fsp3) is 1.00. The standard InChI is InChI=1S/C11H21F3N2/c1-9(15)10(11(12,13)14)16-7-5-3-2-4-6-8-16/h9-10H,2-8,15H2,1H3. The van der Waals surface area contributed by atoms with Crippen molar-refractivity contribution in [3.63, 3.8) is 0 Å². The van der Waals surface area contributed by atoms with Crippen molar-refractivity contribution in [2.24, 2.45) is 5.73 Å². The number of alkyl halides is 3. The third-order valence-corrected chi connectivity index (χ3v) is 3.12. The zero-order valence-corrected chi connectivity index (χ0v) is 9.76. The molecule has 1 saturated heterocycles. The summed E-state index contributed by atoms with van der Waals surface area (Å²) in [4.78, 5) is 1.52. The quantitative estimate of drug-likeness (QED) is 0.801. The first-order chi connectivity index (χ1) is 7.43. The van der Waals surface area contributed by atoms with Crippen LogP contribution in [-0.4, -0.2) is 36.2 Å². The summed E-state index contributed by atoms with van der Waals surface area (Å²) in [5, 5.41) is 0. The molecule has 96 valence electrons. The summed E-state index contributed by atoms with van der Waals surface area (Å²) in [6.45, 7) is 2.48. The van der Waals surface area contributed by atoms with E-state index < -0.39 is 18.3 Å². The van der Waals surface area contributed by atoms with Gasteiger partial charge in [0.05, 0.1) is 0 Å². The van der Waals surface area contributed by atoms with E-state index in [9.17, 15) is 13.2 Å². The average Bonchev–Trinajstić information content (AvgIpc) is 2.05. The van der Waals surface area contributed by atoms with Gasteiger partial charge in [-0.3, -0.25) is 4.90 Å². The number of likely N-dealkylation sites (tertiary alicyclic amines) is 1. The summed E-state index contributed by atoms with van der Waals surface area (Å²) in [5.74, 6) is 0. The van der Waals surface area contributed by atoms with Crippen molar-refractivity contribution < 1.29 is 13.2 Å². The van der Waals surface area contributed by atoms with Crippen LogP contribution >= 0.6 is 0 Å². The molecule has 0 bridgehead atoms. The predicted molar refractivity (Wildman–Crippen MR) is 58.2 cm³/mol. The molecule has 2 atom stereocenters. The zero-order chi connectivity index (χ0) is 12.2. The highest BCUT2D eigenvalue weighted by molar-refractivity contribution is 4.86. The number of nitrogens with zero attached hydrogens (tertiary/aromatic N) is 1. The minimum absolute atomic E-state index is 0.520. The topological polar surface area (TPSA) is 29.3 Å². The van der Waals surface area contributed by atoms with Gasteiger partial charge in [-0.2, -0.15) is 13.2 Å². The second kappa shape index (κ2) is 5.87. The van der Waals surface area contributed by atoms with Gasteiger partial charge in [-0.1, -0.05) is 19.3 Å². The first-order valence-electron chi connectivity index (χ1n) is 5.99. The van der Waals surface area contributed by atoms with Gasteiger partial charge in [0.1, 0.15) is 6.04 Å². The summed E-state index contributed by atoms with van der Waals surface area (Å²) >= 11 is 0. The highest BCUT2D eigenvalue weighted by Gasteiger charge is 2.45. The summed E-state index contributed by atoms with van der Waals surface area (Å²) in [6.07, 6.45) is 0.675. The molecule has 1 aliphatic rings. The van der Waals surface area contributed by atoms with Crippen molar-refractivity contribution in [1.82, 2.24) is 4.90 Å². The van der Waals surface area contributed by atoms with Crippen molar-refractivity contribution in [2.45, 2.75) is 57.3 Å². The number of halogens is 3. The minimum atomic E-state index is -4.21. The minimum Gasteiger partial charge on any atom is -0.326 e. The molecule has 0 radical (unpaired) electrons. The molecule has 0 aromatic carbocycles. The highest BCUT2D eigenvalue weighted by atomic mass is 19.4. The average molecular weight is 238 g/mol. The molecular weight excluding hydrogens is 217 g/mol. The molecule has 2 nitrogen and oxygen atoms in total. The van der Waals surface area contributed by atoms with Crippen LogP contribution in [0.15, 0.2) is 0 Å². The molecule has 1 rings (SSSR count). The zero-order valence-electron chi connectivity index (χ0n) is 9.76. The lowest BCUT2D eigenvalue weighted by molar-refractivity contribution is -0.189. The maximum Gasteiger partial charge on any atom is 0.405 e. The van der Waals surface area contributed by atoms with Gasteiger partial charge in [0.15, 0.2) is 0 Å². The van der Waals surface area contributed by atoms with Crippen molar-refractivity contribution in [3.8, 4) is 0 Å². The van der Waals surface area contributed by atoms with E-state index in [0.717, 1.165) is 32.1 Å². The van der Waals surface area contributed by atoms with E-state index in [-0.39, 0.29) is 0 Å². The Labute approximate surface area is 95.0 Å². The fourth-order valence-corrected chi connectivity index (χ4v) is 2.39. The number of rotatable bonds is 2. The van der Waals surface area contributed by atoms with Gasteiger partial charge in [-0.15, -0.1) is 0 Å². The molecule has 0 saturated carbocycles. The first kappa shape index (κ1) is 13.8. The van der Waals surface area contributed by atoms with Crippen LogP contribution in [0.2, 0.25) is 0 Å². The Balaban J connectivity index is 2.67. The van der Waals surface area contributed by atoms with Gasteiger partial charge in [0, 0.05) is 6.04 Å². The Morgan fingerprint density at radius 1 is 1.00 bits per heavy atom. The molecule has 0 aromatic rings. The summed E-state index contributed by atoms with van der Waals surface area (Å²) in [7, 11) is 0. The normalized spacial score (nSPS) is 24.6. The van der Waals surface area contributed by atoms with Crippen LogP contribution in [0.5, 0.6) is 0 Å². The van der Waals surface area contributed by atoms with Crippen molar-refractivity contribution in [1.29, 1.82) is 0 Å². The molecule has 1 fully saturated rings. The monoisotopic (exact) mass is 238 g/mol. The Bertz CT molecular complexity index is 196. The Kier molecular flexibility index (Phi) is 5.05. The van der Waals surface area contributed by atoms with Gasteiger partial charge in [0.2, 0.25) is 0 Å². The van der Waals surface area contributed by atoms with Crippen LogP contribution in [-0.2, 0) is 0 Å². The molecule has 1 heterocycles. The highest BCUT2D eigenvalue weighted by Crippen LogP contribution is 2.28. The van der Waals surface area contributed by atoms with Crippen molar-refractivity contribution in [2.75, 3.05) is 13.1 Å². The van der Waals surface area contributed by atoms with Crippen LogP contribution in [0.4, 0.5) is 13.2 Å². The van der Waals surface area contributed by atoms with E-state index in [2.05, 4.69) is 0 Å². The van der Waals surface area contributed by atoms with Crippen LogP contribution in [0.1, 0.15) is 39.0 Å². The van der Waals surface area contributed by atoms with E-state index in [1.807, 2.05) is 0 Å². The molecule has 1 aliphatic heterocycles. The van der Waals surface area contributed by atoms with Gasteiger partial charge < -0.3 is 5.73 Å². The second-order valence-electron chi connectivity index (χ2n) is 4.65. The number of hydrogen-bond acceptors (Lipinski definition) is 2. The smallest absolute Gasteiger partial charge is 0.326 e. The third-order valence-electron chi connectivity index (χ3n) is 3.12. The van der Waals surface area contributed by atoms with Crippen molar-refractivity contribution in [3.05, 3.63) is 0 Å². The molecular formula is C11H21F3N2. The summed E-state index contributed by atoms with van der Waals surface area (Å²) in [6, 6.07) is -2.34. The van der Waals surface area contributed by atoms with E-state index >= 15 is 0 Å². The van der Waals surface area contributed by atoms with Crippen LogP contribution in [0, 0.1) is 0 Å². The van der Waals surface area contributed by atoms with Crippen LogP contribution < -0.4 is 5.73 Å². The van der Waals surface area contributed by atoms with E-state index in [1.54, 1.807) is 0 Å². The molecule has 0 amide bonds. The second-order valence-corrected chi connectivity index (χ2v) is 4.65. The molecule has 2 N–H and O–H groups in total. The molecule has 0 spiro atoms. The van der Waals surface area contributed by atoms with E-state index in [4.69, 9.17) is 5.73 Å². The van der Waals surface area contributed by atoms with Gasteiger partial charge in [-0.05, 0) is 32.9 Å². The van der Waals surface area contributed by atoms with E-state index in [0.29, 0.717) is 13.1 Å². The van der Waals surface area contributed by atoms with Gasteiger partial charge in [-0.25, -0.2) is 0 Å². The van der Waals surface area contributed by atoms with E-state index in [1.165, 1.54) is 11.8 Å².